The molecule has 0 saturated heterocycles. The zero-order chi connectivity index (χ0) is 15.5. The summed E-state index contributed by atoms with van der Waals surface area (Å²) in [5.74, 6) is 0.680. The molecule has 21 heavy (non-hydrogen) atoms. The first kappa shape index (κ1) is 15.7. The molecule has 0 unspecified atom stereocenters. The topological polar surface area (TPSA) is 61.0 Å². The van der Waals surface area contributed by atoms with Gasteiger partial charge in [0, 0.05) is 13.1 Å². The second-order valence-electron chi connectivity index (χ2n) is 6.54. The number of aromatic amines is 1. The maximum Gasteiger partial charge on any atom is 0.258 e. The van der Waals surface area contributed by atoms with E-state index in [2.05, 4.69) is 48.1 Å². The first-order valence-corrected chi connectivity index (χ1v) is 7.21. The molecule has 2 N–H and O–H groups in total. The lowest BCUT2D eigenvalue weighted by Crippen LogP contribution is -2.37. The Kier molecular flexibility index (Phi) is 4.75. The van der Waals surface area contributed by atoms with Gasteiger partial charge in [0.15, 0.2) is 0 Å². The minimum absolute atomic E-state index is 0.0787. The fourth-order valence-corrected chi connectivity index (χ4v) is 2.65. The third-order valence-corrected chi connectivity index (χ3v) is 3.30. The molecule has 2 rings (SSSR count). The highest BCUT2D eigenvalue weighted by atomic mass is 16.1. The van der Waals surface area contributed by atoms with Gasteiger partial charge in [-0.25, -0.2) is 4.98 Å². The minimum atomic E-state index is -0.0787. The van der Waals surface area contributed by atoms with Crippen LogP contribution >= 0.6 is 0 Å². The Morgan fingerprint density at radius 3 is 2.71 bits per heavy atom. The van der Waals surface area contributed by atoms with E-state index in [0.29, 0.717) is 17.8 Å². The van der Waals surface area contributed by atoms with Gasteiger partial charge >= 0.3 is 0 Å². The normalized spacial score (nSPS) is 12.2. The number of nitrogens with one attached hydrogen (secondary N) is 2. The highest BCUT2D eigenvalue weighted by molar-refractivity contribution is 5.77. The third-order valence-electron chi connectivity index (χ3n) is 3.30. The Balaban J connectivity index is 2.03. The number of aromatic nitrogens is 2. The van der Waals surface area contributed by atoms with E-state index in [4.69, 9.17) is 0 Å². The fourth-order valence-electron chi connectivity index (χ4n) is 2.65. The number of fused-ring (bicyclic) bond motifs is 1. The molecule has 0 aliphatic heterocycles. The van der Waals surface area contributed by atoms with Gasteiger partial charge in [0.25, 0.3) is 5.56 Å². The van der Waals surface area contributed by atoms with Crippen LogP contribution in [0.1, 0.15) is 19.7 Å². The van der Waals surface area contributed by atoms with Gasteiger partial charge in [0.1, 0.15) is 5.82 Å². The van der Waals surface area contributed by atoms with Crippen LogP contribution in [0.2, 0.25) is 0 Å². The second-order valence-corrected chi connectivity index (χ2v) is 6.54. The van der Waals surface area contributed by atoms with E-state index in [1.54, 1.807) is 6.07 Å². The highest BCUT2D eigenvalue weighted by Gasteiger charge is 2.18. The van der Waals surface area contributed by atoms with Crippen LogP contribution in [0.4, 0.5) is 0 Å². The van der Waals surface area contributed by atoms with Crippen LogP contribution in [-0.4, -0.2) is 42.1 Å². The van der Waals surface area contributed by atoms with Crippen LogP contribution in [0.15, 0.2) is 29.1 Å². The second kappa shape index (κ2) is 6.37. The van der Waals surface area contributed by atoms with E-state index < -0.39 is 0 Å². The van der Waals surface area contributed by atoms with Crippen molar-refractivity contribution in [2.24, 2.45) is 5.41 Å². The van der Waals surface area contributed by atoms with Gasteiger partial charge in [-0.05, 0) is 31.6 Å². The van der Waals surface area contributed by atoms with Crippen LogP contribution in [0.5, 0.6) is 0 Å². The van der Waals surface area contributed by atoms with Crippen molar-refractivity contribution in [1.29, 1.82) is 0 Å². The zero-order valence-corrected chi connectivity index (χ0v) is 13.2. The van der Waals surface area contributed by atoms with Gasteiger partial charge < -0.3 is 15.2 Å². The molecule has 0 saturated carbocycles. The van der Waals surface area contributed by atoms with E-state index in [9.17, 15) is 4.79 Å². The lowest BCUT2D eigenvalue weighted by Gasteiger charge is -2.28. The summed E-state index contributed by atoms with van der Waals surface area (Å²) >= 11 is 0. The summed E-state index contributed by atoms with van der Waals surface area (Å²) in [7, 11) is 4.15. The minimum Gasteiger partial charge on any atom is -0.309 e. The maximum absolute atomic E-state index is 12.0. The first-order chi connectivity index (χ1) is 9.87. The van der Waals surface area contributed by atoms with Gasteiger partial charge in [-0.3, -0.25) is 4.79 Å². The van der Waals surface area contributed by atoms with Gasteiger partial charge in [-0.15, -0.1) is 0 Å². The molecule has 5 heteroatoms. The number of H-pyrrole nitrogens is 1. The van der Waals surface area contributed by atoms with E-state index in [1.165, 1.54) is 0 Å². The zero-order valence-electron chi connectivity index (χ0n) is 13.2. The molecule has 0 fully saturated rings. The summed E-state index contributed by atoms with van der Waals surface area (Å²) in [4.78, 5) is 21.5. The number of para-hydroxylation sites is 1. The summed E-state index contributed by atoms with van der Waals surface area (Å²) in [6.45, 7) is 6.87. The van der Waals surface area contributed by atoms with E-state index in [1.807, 2.05) is 18.2 Å². The molecule has 2 aromatic rings. The Labute approximate surface area is 125 Å². The number of rotatable bonds is 6. The Bertz CT molecular complexity index is 661. The largest absolute Gasteiger partial charge is 0.309 e. The summed E-state index contributed by atoms with van der Waals surface area (Å²) in [6.07, 6.45) is 0. The molecule has 0 spiro atoms. The van der Waals surface area contributed by atoms with Crippen molar-refractivity contribution < 1.29 is 0 Å². The van der Waals surface area contributed by atoms with Crippen molar-refractivity contribution in [1.82, 2.24) is 20.2 Å². The van der Waals surface area contributed by atoms with Crippen LogP contribution in [0, 0.1) is 5.41 Å². The summed E-state index contributed by atoms with van der Waals surface area (Å²) in [5.41, 5.74) is 0.830. The molecule has 1 aromatic heterocycles. The molecule has 114 valence electrons. The summed E-state index contributed by atoms with van der Waals surface area (Å²) in [5, 5.41) is 4.01. The Morgan fingerprint density at radius 2 is 2.00 bits per heavy atom. The summed E-state index contributed by atoms with van der Waals surface area (Å²) in [6, 6.07) is 7.40. The number of nitrogens with zero attached hydrogens (tertiary/aromatic N) is 2. The van der Waals surface area contributed by atoms with E-state index >= 15 is 0 Å². The molecular weight excluding hydrogens is 264 g/mol. The Morgan fingerprint density at radius 1 is 1.29 bits per heavy atom. The molecule has 0 amide bonds. The van der Waals surface area contributed by atoms with Crippen molar-refractivity contribution in [2.75, 3.05) is 27.2 Å². The van der Waals surface area contributed by atoms with Crippen LogP contribution < -0.4 is 10.9 Å². The number of hydrogen-bond donors (Lipinski definition) is 2. The predicted octanol–water partition coefficient (Wildman–Crippen LogP) is 1.60. The van der Waals surface area contributed by atoms with E-state index in [0.717, 1.165) is 18.6 Å². The van der Waals surface area contributed by atoms with Crippen molar-refractivity contribution >= 4 is 10.9 Å². The van der Waals surface area contributed by atoms with Gasteiger partial charge in [-0.1, -0.05) is 26.0 Å². The molecule has 1 aromatic carbocycles. The molecule has 5 nitrogen and oxygen atoms in total. The van der Waals surface area contributed by atoms with Gasteiger partial charge in [0.2, 0.25) is 0 Å². The third kappa shape index (κ3) is 4.37. The first-order valence-electron chi connectivity index (χ1n) is 7.21. The fraction of sp³-hybridized carbons (Fsp3) is 0.500. The van der Waals surface area contributed by atoms with Crippen LogP contribution in [0.3, 0.4) is 0 Å². The smallest absolute Gasteiger partial charge is 0.258 e. The van der Waals surface area contributed by atoms with Crippen LogP contribution in [0.25, 0.3) is 10.9 Å². The monoisotopic (exact) mass is 288 g/mol. The molecule has 0 bridgehead atoms. The predicted molar refractivity (Wildman–Crippen MR) is 86.4 cm³/mol. The standard InChI is InChI=1S/C16H24N4O/c1-16(2,11-20(3)4)10-17-9-14-18-13-8-6-5-7-12(13)15(21)19-14/h5-8,17H,9-11H2,1-4H3,(H,18,19,21). The van der Waals surface area contributed by atoms with E-state index in [-0.39, 0.29) is 11.0 Å². The highest BCUT2D eigenvalue weighted by Crippen LogP contribution is 2.14. The average Bonchev–Trinajstić information content (AvgIpc) is 2.37. The van der Waals surface area contributed by atoms with Crippen molar-refractivity contribution in [2.45, 2.75) is 20.4 Å². The molecular formula is C16H24N4O. The lowest BCUT2D eigenvalue weighted by molar-refractivity contribution is 0.232. The maximum atomic E-state index is 12.0. The molecule has 0 aliphatic rings. The average molecular weight is 288 g/mol. The number of benzene rings is 1. The van der Waals surface area contributed by atoms with Gasteiger partial charge in [0.05, 0.1) is 17.4 Å². The van der Waals surface area contributed by atoms with Gasteiger partial charge in [-0.2, -0.15) is 0 Å². The molecule has 0 atom stereocenters. The van der Waals surface area contributed by atoms with Crippen LogP contribution in [-0.2, 0) is 6.54 Å². The summed E-state index contributed by atoms with van der Waals surface area (Å²) < 4.78 is 0. The quantitative estimate of drug-likeness (QED) is 0.847. The SMILES string of the molecule is CN(C)CC(C)(C)CNCc1nc2ccccc2c(=O)[nH]1. The van der Waals surface area contributed by atoms with Crippen molar-refractivity contribution in [3.8, 4) is 0 Å². The molecule has 0 aliphatic carbocycles. The Hall–Kier alpha value is -1.72. The molecule has 1 heterocycles. The van der Waals surface area contributed by atoms with Crippen molar-refractivity contribution in [3.63, 3.8) is 0 Å². The number of hydrogen-bond acceptors (Lipinski definition) is 4. The molecule has 0 radical (unpaired) electrons. The van der Waals surface area contributed by atoms with Crippen molar-refractivity contribution in [3.05, 3.63) is 40.4 Å². The lowest BCUT2D eigenvalue weighted by atomic mass is 9.93.